The van der Waals surface area contributed by atoms with Crippen molar-refractivity contribution in [3.8, 4) is 0 Å². The first-order chi connectivity index (χ1) is 10.1. The zero-order valence-electron chi connectivity index (χ0n) is 13.3. The molecule has 0 bridgehead atoms. The van der Waals surface area contributed by atoms with Crippen molar-refractivity contribution in [3.63, 3.8) is 0 Å². The van der Waals surface area contributed by atoms with Crippen molar-refractivity contribution in [3.05, 3.63) is 11.9 Å². The normalized spacial score (nSPS) is 10.3. The highest BCUT2D eigenvalue weighted by atomic mass is 16.5. The van der Waals surface area contributed by atoms with E-state index in [0.29, 0.717) is 12.4 Å². The summed E-state index contributed by atoms with van der Waals surface area (Å²) in [5, 5.41) is 5.82. The number of hydrogen-bond acceptors (Lipinski definition) is 6. The van der Waals surface area contributed by atoms with Crippen LogP contribution in [0.3, 0.4) is 0 Å². The molecule has 0 aliphatic carbocycles. The van der Waals surface area contributed by atoms with Crippen molar-refractivity contribution in [1.82, 2.24) is 15.3 Å². The summed E-state index contributed by atoms with van der Waals surface area (Å²) >= 11 is 0. The van der Waals surface area contributed by atoms with Crippen LogP contribution in [0.4, 0.5) is 11.6 Å². The minimum absolute atomic E-state index is 0.0413. The minimum atomic E-state index is -0.0413. The van der Waals surface area contributed by atoms with Gasteiger partial charge in [0, 0.05) is 33.3 Å². The molecule has 1 aromatic heterocycles. The van der Waals surface area contributed by atoms with E-state index in [2.05, 4.69) is 27.5 Å². The lowest BCUT2D eigenvalue weighted by atomic mass is 10.3. The molecule has 0 aliphatic rings. The first-order valence-electron chi connectivity index (χ1n) is 7.20. The fourth-order valence-electron chi connectivity index (χ4n) is 1.91. The number of hydrogen-bond donors (Lipinski definition) is 2. The Morgan fingerprint density at radius 2 is 2.14 bits per heavy atom. The second-order valence-corrected chi connectivity index (χ2v) is 4.59. The molecule has 0 aliphatic heterocycles. The molecular weight excluding hydrogens is 270 g/mol. The van der Waals surface area contributed by atoms with Gasteiger partial charge in [-0.15, -0.1) is 0 Å². The largest absolute Gasteiger partial charge is 0.377 e. The van der Waals surface area contributed by atoms with Crippen LogP contribution >= 0.6 is 0 Å². The molecule has 118 valence electrons. The van der Waals surface area contributed by atoms with Gasteiger partial charge in [0.25, 0.3) is 0 Å². The number of nitrogens with zero attached hydrogens (tertiary/aromatic N) is 3. The molecule has 7 nitrogen and oxygen atoms in total. The number of carbonyl (C=O) groups excluding carboxylic acids is 1. The second kappa shape index (κ2) is 9.12. The van der Waals surface area contributed by atoms with E-state index in [1.165, 1.54) is 0 Å². The van der Waals surface area contributed by atoms with Crippen LogP contribution in [0.1, 0.15) is 26.1 Å². The van der Waals surface area contributed by atoms with E-state index in [4.69, 9.17) is 4.74 Å². The van der Waals surface area contributed by atoms with E-state index >= 15 is 0 Å². The molecule has 0 atom stereocenters. The Bertz CT molecular complexity index is 429. The summed E-state index contributed by atoms with van der Waals surface area (Å²) in [6.45, 7) is 6.21. The van der Waals surface area contributed by atoms with Crippen molar-refractivity contribution < 1.29 is 9.53 Å². The lowest BCUT2D eigenvalue weighted by Crippen LogP contribution is -2.36. The summed E-state index contributed by atoms with van der Waals surface area (Å²) in [7, 11) is 3.24. The molecule has 2 N–H and O–H groups in total. The standard InChI is InChI=1S/C14H25N5O2/c1-5-7-19(9-14(20)15-3)13-8-11(16-6-2)17-12(18-13)10-21-4/h8H,5-7,9-10H2,1-4H3,(H,15,20)(H,16,17,18). The maximum Gasteiger partial charge on any atom is 0.239 e. The van der Waals surface area contributed by atoms with Gasteiger partial charge in [-0.1, -0.05) is 6.92 Å². The van der Waals surface area contributed by atoms with Crippen molar-refractivity contribution in [2.24, 2.45) is 0 Å². The van der Waals surface area contributed by atoms with Crippen LogP contribution in [0.5, 0.6) is 0 Å². The lowest BCUT2D eigenvalue weighted by Gasteiger charge is -2.23. The molecule has 21 heavy (non-hydrogen) atoms. The third-order valence-electron chi connectivity index (χ3n) is 2.82. The first-order valence-corrected chi connectivity index (χ1v) is 7.20. The van der Waals surface area contributed by atoms with Crippen LogP contribution in [-0.4, -0.2) is 49.7 Å². The van der Waals surface area contributed by atoms with E-state index in [9.17, 15) is 4.79 Å². The minimum Gasteiger partial charge on any atom is -0.377 e. The zero-order valence-corrected chi connectivity index (χ0v) is 13.3. The molecule has 1 amide bonds. The van der Waals surface area contributed by atoms with Gasteiger partial charge in [0.15, 0.2) is 5.82 Å². The average molecular weight is 295 g/mol. The number of anilines is 2. The smallest absolute Gasteiger partial charge is 0.239 e. The summed E-state index contributed by atoms with van der Waals surface area (Å²) in [5.74, 6) is 2.04. The highest BCUT2D eigenvalue weighted by Crippen LogP contribution is 2.17. The van der Waals surface area contributed by atoms with Gasteiger partial charge in [-0.3, -0.25) is 4.79 Å². The number of ether oxygens (including phenoxy) is 1. The second-order valence-electron chi connectivity index (χ2n) is 4.59. The highest BCUT2D eigenvalue weighted by molar-refractivity contribution is 5.80. The molecule has 0 unspecified atom stereocenters. The van der Waals surface area contributed by atoms with E-state index < -0.39 is 0 Å². The van der Waals surface area contributed by atoms with Gasteiger partial charge in [0.2, 0.25) is 5.91 Å². The van der Waals surface area contributed by atoms with Crippen molar-refractivity contribution in [2.45, 2.75) is 26.9 Å². The summed E-state index contributed by atoms with van der Waals surface area (Å²) in [6.07, 6.45) is 0.928. The van der Waals surface area contributed by atoms with Gasteiger partial charge < -0.3 is 20.3 Å². The Hall–Kier alpha value is -1.89. The number of nitrogens with one attached hydrogen (secondary N) is 2. The fraction of sp³-hybridized carbons (Fsp3) is 0.643. The van der Waals surface area contributed by atoms with E-state index in [1.807, 2.05) is 17.9 Å². The summed E-state index contributed by atoms with van der Waals surface area (Å²) < 4.78 is 5.11. The topological polar surface area (TPSA) is 79.4 Å². The number of rotatable bonds is 9. The monoisotopic (exact) mass is 295 g/mol. The van der Waals surface area contributed by atoms with Crippen molar-refractivity contribution in [2.75, 3.05) is 44.0 Å². The Balaban J connectivity index is 3.05. The molecular formula is C14H25N5O2. The number of aromatic nitrogens is 2. The number of carbonyl (C=O) groups is 1. The summed E-state index contributed by atoms with van der Waals surface area (Å²) in [4.78, 5) is 22.5. The molecule has 0 spiro atoms. The third kappa shape index (κ3) is 5.55. The van der Waals surface area contributed by atoms with Crippen LogP contribution < -0.4 is 15.5 Å². The fourth-order valence-corrected chi connectivity index (χ4v) is 1.91. The molecule has 0 saturated carbocycles. The highest BCUT2D eigenvalue weighted by Gasteiger charge is 2.14. The van der Waals surface area contributed by atoms with Crippen LogP contribution in [0.15, 0.2) is 6.07 Å². The predicted octanol–water partition coefficient (Wildman–Crippen LogP) is 1.02. The Labute approximate surface area is 126 Å². The molecule has 0 saturated heterocycles. The van der Waals surface area contributed by atoms with Crippen LogP contribution in [0.2, 0.25) is 0 Å². The molecule has 7 heteroatoms. The number of likely N-dealkylation sites (N-methyl/N-ethyl adjacent to an activating group) is 1. The maximum atomic E-state index is 11.7. The van der Waals surface area contributed by atoms with Gasteiger partial charge in [0.1, 0.15) is 18.2 Å². The third-order valence-corrected chi connectivity index (χ3v) is 2.82. The quantitative estimate of drug-likeness (QED) is 0.708. The van der Waals surface area contributed by atoms with Gasteiger partial charge in [0.05, 0.1) is 6.54 Å². The Kier molecular flexibility index (Phi) is 7.45. The van der Waals surface area contributed by atoms with Crippen LogP contribution in [0.25, 0.3) is 0 Å². The molecule has 0 fully saturated rings. The summed E-state index contributed by atoms with van der Waals surface area (Å²) in [6, 6.07) is 1.86. The first kappa shape index (κ1) is 17.2. The Morgan fingerprint density at radius 1 is 1.38 bits per heavy atom. The molecule has 1 rings (SSSR count). The molecule has 0 radical (unpaired) electrons. The van der Waals surface area contributed by atoms with Gasteiger partial charge >= 0.3 is 0 Å². The molecule has 0 aromatic carbocycles. The van der Waals surface area contributed by atoms with E-state index in [0.717, 1.165) is 31.1 Å². The van der Waals surface area contributed by atoms with Crippen LogP contribution in [0, 0.1) is 0 Å². The lowest BCUT2D eigenvalue weighted by molar-refractivity contribution is -0.119. The molecule has 1 heterocycles. The van der Waals surface area contributed by atoms with Crippen molar-refractivity contribution >= 4 is 17.5 Å². The van der Waals surface area contributed by atoms with Gasteiger partial charge in [-0.05, 0) is 13.3 Å². The van der Waals surface area contributed by atoms with Crippen LogP contribution in [-0.2, 0) is 16.1 Å². The van der Waals surface area contributed by atoms with E-state index in [1.54, 1.807) is 14.2 Å². The van der Waals surface area contributed by atoms with E-state index in [-0.39, 0.29) is 12.5 Å². The maximum absolute atomic E-state index is 11.7. The zero-order chi connectivity index (χ0) is 15.7. The summed E-state index contributed by atoms with van der Waals surface area (Å²) in [5.41, 5.74) is 0. The number of methoxy groups -OCH3 is 1. The number of amides is 1. The predicted molar refractivity (Wildman–Crippen MR) is 83.5 cm³/mol. The van der Waals surface area contributed by atoms with Gasteiger partial charge in [-0.25, -0.2) is 9.97 Å². The van der Waals surface area contributed by atoms with Crippen molar-refractivity contribution in [1.29, 1.82) is 0 Å². The molecule has 1 aromatic rings. The average Bonchev–Trinajstić information content (AvgIpc) is 2.47. The Morgan fingerprint density at radius 3 is 2.71 bits per heavy atom. The SMILES string of the molecule is CCCN(CC(=O)NC)c1cc(NCC)nc(COC)n1. The van der Waals surface area contributed by atoms with Gasteiger partial charge in [-0.2, -0.15) is 0 Å².